The van der Waals surface area contributed by atoms with E-state index in [9.17, 15) is 5.11 Å². The van der Waals surface area contributed by atoms with Crippen LogP contribution in [0.25, 0.3) is 0 Å². The molecule has 100 valence electrons. The number of piperidine rings is 1. The lowest BCUT2D eigenvalue weighted by atomic mass is 9.91. The first-order chi connectivity index (χ1) is 8.58. The van der Waals surface area contributed by atoms with Gasteiger partial charge in [0.1, 0.15) is 0 Å². The molecule has 3 N–H and O–H groups in total. The van der Waals surface area contributed by atoms with Crippen LogP contribution >= 0.6 is 0 Å². The van der Waals surface area contributed by atoms with Gasteiger partial charge in [-0.3, -0.25) is 4.90 Å². The largest absolute Gasteiger partial charge is 0.399 e. The van der Waals surface area contributed by atoms with E-state index >= 15 is 0 Å². The zero-order valence-corrected chi connectivity index (χ0v) is 11.3. The van der Waals surface area contributed by atoms with Gasteiger partial charge in [0, 0.05) is 18.3 Å². The molecule has 0 saturated carbocycles. The molecule has 1 heterocycles. The first kappa shape index (κ1) is 13.4. The van der Waals surface area contributed by atoms with Gasteiger partial charge < -0.3 is 10.8 Å². The van der Waals surface area contributed by atoms with E-state index in [0.717, 1.165) is 30.3 Å². The van der Waals surface area contributed by atoms with Gasteiger partial charge in [-0.15, -0.1) is 0 Å². The quantitative estimate of drug-likeness (QED) is 0.808. The second kappa shape index (κ2) is 5.72. The molecule has 0 spiro atoms. The van der Waals surface area contributed by atoms with Crippen molar-refractivity contribution in [3.63, 3.8) is 0 Å². The molecule has 0 bridgehead atoms. The van der Waals surface area contributed by atoms with Crippen LogP contribution in [-0.4, -0.2) is 29.1 Å². The van der Waals surface area contributed by atoms with Gasteiger partial charge in [-0.2, -0.15) is 0 Å². The maximum atomic E-state index is 10.3. The minimum absolute atomic E-state index is 0.418. The Bertz CT molecular complexity index is 377. The van der Waals surface area contributed by atoms with Crippen LogP contribution < -0.4 is 5.73 Å². The van der Waals surface area contributed by atoms with Crippen molar-refractivity contribution in [3.8, 4) is 0 Å². The predicted octanol–water partition coefficient (Wildman–Crippen LogP) is 2.42. The molecule has 0 aliphatic carbocycles. The van der Waals surface area contributed by atoms with Gasteiger partial charge in [0.15, 0.2) is 0 Å². The van der Waals surface area contributed by atoms with Gasteiger partial charge in [0.2, 0.25) is 0 Å². The Labute approximate surface area is 110 Å². The molecule has 0 aromatic heterocycles. The number of nitrogen functional groups attached to an aromatic ring is 1. The van der Waals surface area contributed by atoms with Crippen LogP contribution in [0.3, 0.4) is 0 Å². The Balaban J connectivity index is 1.98. The molecule has 18 heavy (non-hydrogen) atoms. The Kier molecular flexibility index (Phi) is 4.25. The summed E-state index contributed by atoms with van der Waals surface area (Å²) in [6.07, 6.45) is 2.12. The van der Waals surface area contributed by atoms with Crippen molar-refractivity contribution in [3.05, 3.63) is 29.8 Å². The number of hydrogen-bond donors (Lipinski definition) is 2. The fourth-order valence-electron chi connectivity index (χ4n) is 2.72. The molecule has 0 radical (unpaired) electrons. The van der Waals surface area contributed by atoms with Crippen molar-refractivity contribution in [1.29, 1.82) is 0 Å². The summed E-state index contributed by atoms with van der Waals surface area (Å²) >= 11 is 0. The van der Waals surface area contributed by atoms with E-state index in [1.807, 2.05) is 24.3 Å². The summed E-state index contributed by atoms with van der Waals surface area (Å²) in [7, 11) is 0. The van der Waals surface area contributed by atoms with Gasteiger partial charge in [0.05, 0.1) is 6.10 Å². The first-order valence-electron chi connectivity index (χ1n) is 6.85. The van der Waals surface area contributed by atoms with Crippen LogP contribution in [0.5, 0.6) is 0 Å². The summed E-state index contributed by atoms with van der Waals surface area (Å²) in [5, 5.41) is 10.3. The fourth-order valence-corrected chi connectivity index (χ4v) is 2.72. The van der Waals surface area contributed by atoms with E-state index < -0.39 is 6.10 Å². The van der Waals surface area contributed by atoms with Crippen LogP contribution in [0.2, 0.25) is 0 Å². The number of rotatable bonds is 3. The van der Waals surface area contributed by atoms with E-state index in [0.29, 0.717) is 6.04 Å². The van der Waals surface area contributed by atoms with Crippen molar-refractivity contribution < 1.29 is 5.11 Å². The van der Waals surface area contributed by atoms with Crippen LogP contribution in [0.1, 0.15) is 38.4 Å². The molecule has 1 aliphatic heterocycles. The molecular formula is C15H24N2O. The number of likely N-dealkylation sites (tertiary alicyclic amines) is 1. The molecule has 3 heteroatoms. The molecule has 1 fully saturated rings. The number of hydrogen-bond acceptors (Lipinski definition) is 3. The molecule has 3 nitrogen and oxygen atoms in total. The summed E-state index contributed by atoms with van der Waals surface area (Å²) in [4.78, 5) is 2.40. The van der Waals surface area contributed by atoms with Gasteiger partial charge in [0.25, 0.3) is 0 Å². The lowest BCUT2D eigenvalue weighted by molar-refractivity contribution is 0.0513. The van der Waals surface area contributed by atoms with E-state index in [-0.39, 0.29) is 0 Å². The maximum Gasteiger partial charge on any atom is 0.0917 e. The Morgan fingerprint density at radius 1 is 1.33 bits per heavy atom. The smallest absolute Gasteiger partial charge is 0.0917 e. The summed E-state index contributed by atoms with van der Waals surface area (Å²) in [6.45, 7) is 6.37. The van der Waals surface area contributed by atoms with Crippen molar-refractivity contribution in [2.75, 3.05) is 18.8 Å². The molecule has 3 atom stereocenters. The Hall–Kier alpha value is -1.06. The molecule has 1 aromatic rings. The summed E-state index contributed by atoms with van der Waals surface area (Å²) < 4.78 is 0. The minimum Gasteiger partial charge on any atom is -0.399 e. The third-order valence-electron chi connectivity index (χ3n) is 4.23. The normalized spacial score (nSPS) is 27.1. The lowest BCUT2D eigenvalue weighted by Gasteiger charge is -2.39. The zero-order chi connectivity index (χ0) is 13.1. The molecule has 2 rings (SSSR count). The zero-order valence-electron chi connectivity index (χ0n) is 11.3. The standard InChI is InChI=1S/C15H24N2O/c1-11-4-3-9-17(12(11)2)10-15(18)13-5-7-14(16)8-6-13/h5-8,11-12,15,18H,3-4,9-10,16H2,1-2H3. The van der Waals surface area contributed by atoms with Crippen LogP contribution in [-0.2, 0) is 0 Å². The molecule has 1 saturated heterocycles. The summed E-state index contributed by atoms with van der Waals surface area (Å²) in [6, 6.07) is 8.08. The third-order valence-corrected chi connectivity index (χ3v) is 4.23. The third kappa shape index (κ3) is 3.03. The highest BCUT2D eigenvalue weighted by atomic mass is 16.3. The first-order valence-corrected chi connectivity index (χ1v) is 6.85. The molecule has 0 amide bonds. The summed E-state index contributed by atoms with van der Waals surface area (Å²) in [5.41, 5.74) is 7.35. The number of aliphatic hydroxyl groups excluding tert-OH is 1. The van der Waals surface area contributed by atoms with Crippen molar-refractivity contribution in [2.45, 2.75) is 38.8 Å². The minimum atomic E-state index is -0.418. The highest BCUT2D eigenvalue weighted by molar-refractivity contribution is 5.39. The van der Waals surface area contributed by atoms with Crippen molar-refractivity contribution in [1.82, 2.24) is 4.90 Å². The summed E-state index contributed by atoms with van der Waals surface area (Å²) in [5.74, 6) is 0.720. The van der Waals surface area contributed by atoms with E-state index in [1.54, 1.807) is 0 Å². The number of benzene rings is 1. The Morgan fingerprint density at radius 3 is 2.67 bits per heavy atom. The Morgan fingerprint density at radius 2 is 2.00 bits per heavy atom. The van der Waals surface area contributed by atoms with Crippen molar-refractivity contribution >= 4 is 5.69 Å². The highest BCUT2D eigenvalue weighted by Gasteiger charge is 2.26. The maximum absolute atomic E-state index is 10.3. The number of β-amino-alcohol motifs (C(OH)–C–C–N with tert-alkyl or cyclic N) is 1. The molecule has 1 aliphatic rings. The van der Waals surface area contributed by atoms with Gasteiger partial charge in [-0.05, 0) is 49.9 Å². The number of nitrogens with two attached hydrogens (primary N) is 1. The number of nitrogens with zero attached hydrogens (tertiary/aromatic N) is 1. The topological polar surface area (TPSA) is 49.5 Å². The van der Waals surface area contributed by atoms with Crippen molar-refractivity contribution in [2.24, 2.45) is 5.92 Å². The molecular weight excluding hydrogens is 224 g/mol. The van der Waals surface area contributed by atoms with Gasteiger partial charge in [-0.1, -0.05) is 19.1 Å². The average molecular weight is 248 g/mol. The van der Waals surface area contributed by atoms with Gasteiger partial charge >= 0.3 is 0 Å². The fraction of sp³-hybridized carbons (Fsp3) is 0.600. The van der Waals surface area contributed by atoms with E-state index in [4.69, 9.17) is 5.73 Å². The lowest BCUT2D eigenvalue weighted by Crippen LogP contribution is -2.44. The number of aliphatic hydroxyl groups is 1. The monoisotopic (exact) mass is 248 g/mol. The number of anilines is 1. The van der Waals surface area contributed by atoms with Gasteiger partial charge in [-0.25, -0.2) is 0 Å². The second-order valence-corrected chi connectivity index (χ2v) is 5.54. The predicted molar refractivity (Wildman–Crippen MR) is 75.2 cm³/mol. The van der Waals surface area contributed by atoms with Crippen LogP contribution in [0.4, 0.5) is 5.69 Å². The van der Waals surface area contributed by atoms with E-state index in [1.165, 1.54) is 12.8 Å². The highest BCUT2D eigenvalue weighted by Crippen LogP contribution is 2.25. The SMILES string of the molecule is CC1CCCN(CC(O)c2ccc(N)cc2)C1C. The second-order valence-electron chi connectivity index (χ2n) is 5.54. The molecule has 3 unspecified atom stereocenters. The van der Waals surface area contributed by atoms with E-state index in [2.05, 4.69) is 18.7 Å². The average Bonchev–Trinajstić information content (AvgIpc) is 2.36. The van der Waals surface area contributed by atoms with Crippen LogP contribution in [0.15, 0.2) is 24.3 Å². The van der Waals surface area contributed by atoms with Crippen LogP contribution in [0, 0.1) is 5.92 Å². The molecule has 1 aromatic carbocycles.